The molecular weight excluding hydrogens is 360 g/mol. The third-order valence-electron chi connectivity index (χ3n) is 5.63. The first-order valence-electron chi connectivity index (χ1n) is 9.67. The van der Waals surface area contributed by atoms with E-state index in [0.717, 1.165) is 36.1 Å². The standard InChI is InChI=1S/C20H24N4O4/c1-20(14-7-8-14)18(27)24(19(28)23-20)11-16(25)21-10-12-3-2-4-15(9-12)22-17(26)13-5-6-13/h2-4,9,13-14H,5-8,10-11H2,1H3,(H,21,25)(H,22,26)(H,23,28)/t20-/m1/s1. The molecule has 2 aliphatic carbocycles. The van der Waals surface area contributed by atoms with Crippen molar-refractivity contribution in [3.8, 4) is 0 Å². The third kappa shape index (κ3) is 3.72. The van der Waals surface area contributed by atoms with Crippen LogP contribution in [0.3, 0.4) is 0 Å². The minimum atomic E-state index is -0.883. The quantitative estimate of drug-likeness (QED) is 0.617. The summed E-state index contributed by atoms with van der Waals surface area (Å²) >= 11 is 0. The van der Waals surface area contributed by atoms with Crippen molar-refractivity contribution in [1.29, 1.82) is 0 Å². The van der Waals surface area contributed by atoms with E-state index < -0.39 is 17.5 Å². The number of nitrogens with one attached hydrogen (secondary N) is 3. The summed E-state index contributed by atoms with van der Waals surface area (Å²) in [6.07, 6.45) is 3.70. The van der Waals surface area contributed by atoms with Gasteiger partial charge in [0, 0.05) is 18.2 Å². The molecule has 2 saturated carbocycles. The monoisotopic (exact) mass is 384 g/mol. The zero-order chi connectivity index (χ0) is 19.9. The van der Waals surface area contributed by atoms with Crippen LogP contribution < -0.4 is 16.0 Å². The summed E-state index contributed by atoms with van der Waals surface area (Å²) in [5.41, 5.74) is 0.630. The highest BCUT2D eigenvalue weighted by Gasteiger charge is 2.56. The smallest absolute Gasteiger partial charge is 0.325 e. The van der Waals surface area contributed by atoms with E-state index in [9.17, 15) is 19.2 Å². The van der Waals surface area contributed by atoms with Gasteiger partial charge >= 0.3 is 6.03 Å². The van der Waals surface area contributed by atoms with Gasteiger partial charge in [0.1, 0.15) is 12.1 Å². The lowest BCUT2D eigenvalue weighted by Crippen LogP contribution is -2.46. The molecule has 4 rings (SSSR count). The SMILES string of the molecule is C[C@]1(C2CC2)NC(=O)N(CC(=O)NCc2cccc(NC(=O)C3CC3)c2)C1=O. The Labute approximate surface area is 163 Å². The molecule has 0 unspecified atom stereocenters. The largest absolute Gasteiger partial charge is 0.350 e. The van der Waals surface area contributed by atoms with Crippen molar-refractivity contribution in [2.45, 2.75) is 44.7 Å². The van der Waals surface area contributed by atoms with Crippen molar-refractivity contribution in [2.75, 3.05) is 11.9 Å². The molecule has 0 bridgehead atoms. The third-order valence-corrected chi connectivity index (χ3v) is 5.63. The number of urea groups is 1. The Morgan fingerprint density at radius 2 is 1.96 bits per heavy atom. The molecule has 1 saturated heterocycles. The summed E-state index contributed by atoms with van der Waals surface area (Å²) in [5, 5.41) is 8.33. The van der Waals surface area contributed by atoms with Gasteiger partial charge in [-0.2, -0.15) is 0 Å². The molecule has 0 radical (unpaired) electrons. The second kappa shape index (κ2) is 6.92. The molecule has 1 aromatic carbocycles. The van der Waals surface area contributed by atoms with Gasteiger partial charge in [0.2, 0.25) is 11.8 Å². The summed E-state index contributed by atoms with van der Waals surface area (Å²) in [6.45, 7) is 1.67. The summed E-state index contributed by atoms with van der Waals surface area (Å²) in [4.78, 5) is 49.8. The van der Waals surface area contributed by atoms with Crippen LogP contribution in [0.4, 0.5) is 10.5 Å². The minimum absolute atomic E-state index is 0.0263. The van der Waals surface area contributed by atoms with Crippen LogP contribution in [0.25, 0.3) is 0 Å². The van der Waals surface area contributed by atoms with Crippen molar-refractivity contribution in [2.24, 2.45) is 11.8 Å². The minimum Gasteiger partial charge on any atom is -0.350 e. The van der Waals surface area contributed by atoms with Crippen LogP contribution >= 0.6 is 0 Å². The fraction of sp³-hybridized carbons (Fsp3) is 0.500. The molecule has 8 heteroatoms. The Morgan fingerprint density at radius 1 is 1.21 bits per heavy atom. The number of rotatable bonds is 7. The topological polar surface area (TPSA) is 108 Å². The maximum absolute atomic E-state index is 12.6. The number of imide groups is 1. The van der Waals surface area contributed by atoms with Gasteiger partial charge in [-0.25, -0.2) is 4.79 Å². The number of nitrogens with zero attached hydrogens (tertiary/aromatic N) is 1. The number of benzene rings is 1. The van der Waals surface area contributed by atoms with Crippen LogP contribution in [0.2, 0.25) is 0 Å². The summed E-state index contributed by atoms with van der Waals surface area (Å²) in [6, 6.07) is 6.74. The van der Waals surface area contributed by atoms with E-state index in [0.29, 0.717) is 5.69 Å². The lowest BCUT2D eigenvalue weighted by molar-refractivity contribution is -0.135. The number of carbonyl (C=O) groups excluding carboxylic acids is 4. The zero-order valence-corrected chi connectivity index (χ0v) is 15.8. The molecule has 3 N–H and O–H groups in total. The van der Waals surface area contributed by atoms with Gasteiger partial charge in [-0.1, -0.05) is 12.1 Å². The highest BCUT2D eigenvalue weighted by Crippen LogP contribution is 2.42. The highest BCUT2D eigenvalue weighted by atomic mass is 16.2. The molecule has 148 valence electrons. The molecule has 28 heavy (non-hydrogen) atoms. The number of carbonyl (C=O) groups is 4. The van der Waals surface area contributed by atoms with Gasteiger partial charge in [-0.05, 0) is 56.2 Å². The highest BCUT2D eigenvalue weighted by molar-refractivity contribution is 6.09. The molecule has 1 atom stereocenters. The molecule has 3 fully saturated rings. The van der Waals surface area contributed by atoms with Crippen LogP contribution in [-0.4, -0.2) is 40.7 Å². The predicted octanol–water partition coefficient (Wildman–Crippen LogP) is 1.37. The number of amides is 5. The molecule has 0 spiro atoms. The van der Waals surface area contributed by atoms with E-state index in [2.05, 4.69) is 16.0 Å². The average molecular weight is 384 g/mol. The summed E-state index contributed by atoms with van der Waals surface area (Å²) in [5.74, 6) is -0.436. The second-order valence-corrected chi connectivity index (χ2v) is 8.04. The van der Waals surface area contributed by atoms with Crippen LogP contribution in [0.5, 0.6) is 0 Å². The molecule has 1 aliphatic heterocycles. The van der Waals surface area contributed by atoms with Crippen LogP contribution in [0.1, 0.15) is 38.2 Å². The molecular formula is C20H24N4O4. The van der Waals surface area contributed by atoms with Crippen molar-refractivity contribution in [1.82, 2.24) is 15.5 Å². The van der Waals surface area contributed by atoms with Gasteiger partial charge in [0.25, 0.3) is 5.91 Å². The lowest BCUT2D eigenvalue weighted by Gasteiger charge is -2.20. The number of anilines is 1. The fourth-order valence-corrected chi connectivity index (χ4v) is 3.55. The summed E-state index contributed by atoms with van der Waals surface area (Å²) < 4.78 is 0. The van der Waals surface area contributed by atoms with E-state index in [1.807, 2.05) is 12.1 Å². The first-order chi connectivity index (χ1) is 13.4. The molecule has 5 amide bonds. The van der Waals surface area contributed by atoms with Gasteiger partial charge in [0.05, 0.1) is 0 Å². The van der Waals surface area contributed by atoms with Gasteiger partial charge < -0.3 is 16.0 Å². The van der Waals surface area contributed by atoms with Gasteiger partial charge in [-0.3, -0.25) is 19.3 Å². The lowest BCUT2D eigenvalue weighted by atomic mass is 9.96. The molecule has 3 aliphatic rings. The van der Waals surface area contributed by atoms with Crippen molar-refractivity contribution >= 4 is 29.4 Å². The second-order valence-electron chi connectivity index (χ2n) is 8.04. The Bertz CT molecular complexity index is 846. The van der Waals surface area contributed by atoms with Crippen molar-refractivity contribution in [3.63, 3.8) is 0 Å². The van der Waals surface area contributed by atoms with E-state index in [-0.39, 0.29) is 36.7 Å². The zero-order valence-electron chi connectivity index (χ0n) is 15.8. The van der Waals surface area contributed by atoms with Crippen LogP contribution in [0, 0.1) is 11.8 Å². The van der Waals surface area contributed by atoms with Crippen LogP contribution in [0.15, 0.2) is 24.3 Å². The first kappa shape index (κ1) is 18.5. The van der Waals surface area contributed by atoms with Crippen molar-refractivity contribution in [3.05, 3.63) is 29.8 Å². The number of hydrogen-bond donors (Lipinski definition) is 3. The Balaban J connectivity index is 1.30. The molecule has 8 nitrogen and oxygen atoms in total. The normalized spacial score (nSPS) is 24.1. The first-order valence-corrected chi connectivity index (χ1v) is 9.67. The Kier molecular flexibility index (Phi) is 4.56. The summed E-state index contributed by atoms with van der Waals surface area (Å²) in [7, 11) is 0. The number of hydrogen-bond acceptors (Lipinski definition) is 4. The molecule has 1 aromatic rings. The average Bonchev–Trinajstić information content (AvgIpc) is 3.56. The van der Waals surface area contributed by atoms with E-state index in [4.69, 9.17) is 0 Å². The van der Waals surface area contributed by atoms with E-state index in [1.54, 1.807) is 19.1 Å². The molecule has 0 aromatic heterocycles. The van der Waals surface area contributed by atoms with Gasteiger partial charge in [0.15, 0.2) is 0 Å². The van der Waals surface area contributed by atoms with E-state index >= 15 is 0 Å². The Morgan fingerprint density at radius 3 is 2.64 bits per heavy atom. The predicted molar refractivity (Wildman–Crippen MR) is 101 cm³/mol. The maximum atomic E-state index is 12.6. The molecule has 1 heterocycles. The van der Waals surface area contributed by atoms with Crippen molar-refractivity contribution < 1.29 is 19.2 Å². The van der Waals surface area contributed by atoms with E-state index in [1.165, 1.54) is 0 Å². The van der Waals surface area contributed by atoms with Crippen LogP contribution in [-0.2, 0) is 20.9 Å². The fourth-order valence-electron chi connectivity index (χ4n) is 3.55. The Hall–Kier alpha value is -2.90. The maximum Gasteiger partial charge on any atom is 0.325 e. The van der Waals surface area contributed by atoms with Gasteiger partial charge in [-0.15, -0.1) is 0 Å².